The van der Waals surface area contributed by atoms with Crippen molar-refractivity contribution in [1.29, 1.82) is 0 Å². The fourth-order valence-corrected chi connectivity index (χ4v) is 1.91. The average Bonchev–Trinajstić information content (AvgIpc) is 2.49. The Hall–Kier alpha value is -2.04. The van der Waals surface area contributed by atoms with Crippen LogP contribution in [0.15, 0.2) is 24.3 Å². The quantitative estimate of drug-likeness (QED) is 0.687. The lowest BCUT2D eigenvalue weighted by atomic mass is 10.2. The predicted octanol–water partition coefficient (Wildman–Crippen LogP) is 2.18. The molecule has 0 aliphatic rings. The molecule has 1 rings (SSSR count). The largest absolute Gasteiger partial charge is 0.494 e. The van der Waals surface area contributed by atoms with Crippen molar-refractivity contribution >= 4 is 11.8 Å². The predicted molar refractivity (Wildman–Crippen MR) is 86.8 cm³/mol. The van der Waals surface area contributed by atoms with Gasteiger partial charge in [-0.05, 0) is 44.4 Å². The molecule has 1 atom stereocenters. The van der Waals surface area contributed by atoms with Crippen LogP contribution in [0.4, 0.5) is 0 Å². The van der Waals surface area contributed by atoms with E-state index in [-0.39, 0.29) is 11.8 Å². The van der Waals surface area contributed by atoms with E-state index in [1.165, 1.54) is 0 Å². The summed E-state index contributed by atoms with van der Waals surface area (Å²) in [5, 5.41) is 5.44. The van der Waals surface area contributed by atoms with Crippen LogP contribution in [0.2, 0.25) is 0 Å². The Labute approximate surface area is 132 Å². The van der Waals surface area contributed by atoms with Crippen LogP contribution in [-0.2, 0) is 9.59 Å². The Morgan fingerprint density at radius 1 is 1.32 bits per heavy atom. The smallest absolute Gasteiger partial charge is 0.242 e. The maximum Gasteiger partial charge on any atom is 0.242 e. The first kappa shape index (κ1) is 18.0. The summed E-state index contributed by atoms with van der Waals surface area (Å²) in [6, 6.07) is 7.30. The standard InChI is InChI=1S/C17H26N2O3/c1-4-10-18-17(21)14(3)19-16(20)9-6-11-22-15-8-5-7-13(2)12-15/h5,7-8,12,14H,4,6,9-11H2,1-3H3,(H,18,21)(H,19,20)/t14-/m1/s1. The van der Waals surface area contributed by atoms with Crippen molar-refractivity contribution in [3.8, 4) is 5.75 Å². The molecule has 0 saturated heterocycles. The molecule has 122 valence electrons. The summed E-state index contributed by atoms with van der Waals surface area (Å²) in [6.45, 7) is 6.78. The first-order chi connectivity index (χ1) is 10.5. The van der Waals surface area contributed by atoms with Crippen LogP contribution in [0.5, 0.6) is 5.75 Å². The molecule has 2 amide bonds. The van der Waals surface area contributed by atoms with Gasteiger partial charge in [-0.15, -0.1) is 0 Å². The first-order valence-electron chi connectivity index (χ1n) is 7.79. The van der Waals surface area contributed by atoms with Gasteiger partial charge < -0.3 is 15.4 Å². The van der Waals surface area contributed by atoms with Crippen molar-refractivity contribution in [3.63, 3.8) is 0 Å². The van der Waals surface area contributed by atoms with E-state index in [1.54, 1.807) is 6.92 Å². The highest BCUT2D eigenvalue weighted by atomic mass is 16.5. The summed E-state index contributed by atoms with van der Waals surface area (Å²) in [5.74, 6) is 0.533. The zero-order chi connectivity index (χ0) is 16.4. The van der Waals surface area contributed by atoms with Gasteiger partial charge in [-0.1, -0.05) is 19.1 Å². The third kappa shape index (κ3) is 7.11. The number of ether oxygens (including phenoxy) is 1. The van der Waals surface area contributed by atoms with E-state index in [2.05, 4.69) is 10.6 Å². The second-order valence-electron chi connectivity index (χ2n) is 5.35. The molecule has 22 heavy (non-hydrogen) atoms. The fourth-order valence-electron chi connectivity index (χ4n) is 1.91. The summed E-state index contributed by atoms with van der Waals surface area (Å²) in [7, 11) is 0. The topological polar surface area (TPSA) is 67.4 Å². The van der Waals surface area contributed by atoms with Crippen LogP contribution in [0.25, 0.3) is 0 Å². The Kier molecular flexibility index (Phi) is 8.04. The molecule has 0 bridgehead atoms. The van der Waals surface area contributed by atoms with Crippen LogP contribution in [0.3, 0.4) is 0 Å². The molecule has 5 nitrogen and oxygen atoms in total. The lowest BCUT2D eigenvalue weighted by molar-refractivity contribution is -0.128. The van der Waals surface area contributed by atoms with E-state index in [0.29, 0.717) is 26.0 Å². The minimum Gasteiger partial charge on any atom is -0.494 e. The number of carbonyl (C=O) groups excluding carboxylic acids is 2. The van der Waals surface area contributed by atoms with Crippen LogP contribution >= 0.6 is 0 Å². The molecular formula is C17H26N2O3. The number of benzene rings is 1. The number of hydrogen-bond acceptors (Lipinski definition) is 3. The van der Waals surface area contributed by atoms with Gasteiger partial charge in [0, 0.05) is 13.0 Å². The first-order valence-corrected chi connectivity index (χ1v) is 7.79. The van der Waals surface area contributed by atoms with Gasteiger partial charge in [-0.3, -0.25) is 9.59 Å². The number of hydrogen-bond donors (Lipinski definition) is 2. The number of rotatable bonds is 9. The Balaban J connectivity index is 2.19. The SMILES string of the molecule is CCCNC(=O)[C@@H](C)NC(=O)CCCOc1cccc(C)c1. The van der Waals surface area contributed by atoms with Gasteiger partial charge in [0.15, 0.2) is 0 Å². The van der Waals surface area contributed by atoms with Crippen LogP contribution in [0.1, 0.15) is 38.7 Å². The molecule has 0 saturated carbocycles. The average molecular weight is 306 g/mol. The molecule has 0 aliphatic heterocycles. The van der Waals surface area contributed by atoms with Gasteiger partial charge in [0.1, 0.15) is 11.8 Å². The van der Waals surface area contributed by atoms with Gasteiger partial charge in [-0.2, -0.15) is 0 Å². The number of carbonyl (C=O) groups is 2. The molecule has 5 heteroatoms. The second-order valence-corrected chi connectivity index (χ2v) is 5.35. The molecule has 1 aromatic carbocycles. The lowest BCUT2D eigenvalue weighted by Gasteiger charge is -2.14. The van der Waals surface area contributed by atoms with Crippen molar-refractivity contribution < 1.29 is 14.3 Å². The van der Waals surface area contributed by atoms with Gasteiger partial charge in [0.2, 0.25) is 11.8 Å². The summed E-state index contributed by atoms with van der Waals surface area (Å²) < 4.78 is 5.58. The maximum atomic E-state index is 11.8. The lowest BCUT2D eigenvalue weighted by Crippen LogP contribution is -2.45. The molecule has 0 radical (unpaired) electrons. The van der Waals surface area contributed by atoms with E-state index in [0.717, 1.165) is 17.7 Å². The normalized spacial score (nSPS) is 11.6. The molecule has 0 unspecified atom stereocenters. The maximum absolute atomic E-state index is 11.8. The van der Waals surface area contributed by atoms with Gasteiger partial charge in [-0.25, -0.2) is 0 Å². The van der Waals surface area contributed by atoms with Gasteiger partial charge in [0.05, 0.1) is 6.61 Å². The van der Waals surface area contributed by atoms with E-state index in [9.17, 15) is 9.59 Å². The molecule has 0 aromatic heterocycles. The zero-order valence-corrected chi connectivity index (χ0v) is 13.6. The molecular weight excluding hydrogens is 280 g/mol. The zero-order valence-electron chi connectivity index (χ0n) is 13.6. The molecule has 0 aliphatic carbocycles. The van der Waals surface area contributed by atoms with E-state index >= 15 is 0 Å². The van der Waals surface area contributed by atoms with Crippen molar-refractivity contribution in [2.75, 3.05) is 13.2 Å². The molecule has 1 aromatic rings. The highest BCUT2D eigenvalue weighted by Gasteiger charge is 2.14. The van der Waals surface area contributed by atoms with Crippen LogP contribution < -0.4 is 15.4 Å². The van der Waals surface area contributed by atoms with E-state index in [1.807, 2.05) is 38.1 Å². The molecule has 0 spiro atoms. The van der Waals surface area contributed by atoms with Crippen LogP contribution in [-0.4, -0.2) is 31.0 Å². The minimum atomic E-state index is -0.503. The minimum absolute atomic E-state index is 0.132. The highest BCUT2D eigenvalue weighted by molar-refractivity contribution is 5.87. The monoisotopic (exact) mass is 306 g/mol. The van der Waals surface area contributed by atoms with E-state index < -0.39 is 6.04 Å². The Morgan fingerprint density at radius 2 is 2.09 bits per heavy atom. The van der Waals surface area contributed by atoms with Crippen molar-refractivity contribution in [2.45, 2.75) is 46.1 Å². The third-order valence-corrected chi connectivity index (χ3v) is 3.13. The van der Waals surface area contributed by atoms with Crippen molar-refractivity contribution in [1.82, 2.24) is 10.6 Å². The summed E-state index contributed by atoms with van der Waals surface area (Å²) >= 11 is 0. The fraction of sp³-hybridized carbons (Fsp3) is 0.529. The van der Waals surface area contributed by atoms with Crippen molar-refractivity contribution in [3.05, 3.63) is 29.8 Å². The summed E-state index contributed by atoms with van der Waals surface area (Å²) in [6.07, 6.45) is 1.84. The molecule has 0 fully saturated rings. The molecule has 0 heterocycles. The Bertz CT molecular complexity index is 489. The third-order valence-electron chi connectivity index (χ3n) is 3.13. The van der Waals surface area contributed by atoms with Gasteiger partial charge in [0.25, 0.3) is 0 Å². The molecule has 2 N–H and O–H groups in total. The Morgan fingerprint density at radius 3 is 2.77 bits per heavy atom. The van der Waals surface area contributed by atoms with Crippen LogP contribution in [0, 0.1) is 6.92 Å². The van der Waals surface area contributed by atoms with Crippen molar-refractivity contribution in [2.24, 2.45) is 0 Å². The van der Waals surface area contributed by atoms with E-state index in [4.69, 9.17) is 4.74 Å². The number of amides is 2. The summed E-state index contributed by atoms with van der Waals surface area (Å²) in [5.41, 5.74) is 1.14. The summed E-state index contributed by atoms with van der Waals surface area (Å²) in [4.78, 5) is 23.4. The number of nitrogens with one attached hydrogen (secondary N) is 2. The number of aryl methyl sites for hydroxylation is 1. The second kappa shape index (κ2) is 9.82. The van der Waals surface area contributed by atoms with Gasteiger partial charge >= 0.3 is 0 Å². The highest BCUT2D eigenvalue weighted by Crippen LogP contribution is 2.12.